The van der Waals surface area contributed by atoms with Gasteiger partial charge in [-0.3, -0.25) is 4.90 Å². The van der Waals surface area contributed by atoms with Crippen molar-refractivity contribution in [2.45, 2.75) is 20.0 Å². The molecule has 0 saturated carbocycles. The minimum absolute atomic E-state index is 0.997. The number of fused-ring (bicyclic) bond motifs is 1. The Balaban J connectivity index is 1.50. The summed E-state index contributed by atoms with van der Waals surface area (Å²) in [6, 6.07) is 17.3. The highest BCUT2D eigenvalue weighted by Crippen LogP contribution is 2.21. The lowest BCUT2D eigenvalue weighted by atomic mass is 10.1. The molecule has 0 fully saturated rings. The number of hydrogen-bond donors (Lipinski definition) is 1. The van der Waals surface area contributed by atoms with E-state index in [1.165, 1.54) is 22.4 Å². The molecule has 0 amide bonds. The highest BCUT2D eigenvalue weighted by atomic mass is 15.2. The van der Waals surface area contributed by atoms with Crippen molar-refractivity contribution in [3.63, 3.8) is 0 Å². The van der Waals surface area contributed by atoms with Crippen LogP contribution in [0.4, 0.5) is 5.69 Å². The van der Waals surface area contributed by atoms with Crippen molar-refractivity contribution in [2.75, 3.05) is 18.4 Å². The minimum Gasteiger partial charge on any atom is -0.384 e. The van der Waals surface area contributed by atoms with Crippen LogP contribution < -0.4 is 5.32 Å². The van der Waals surface area contributed by atoms with Gasteiger partial charge < -0.3 is 5.32 Å². The van der Waals surface area contributed by atoms with Crippen LogP contribution in [-0.4, -0.2) is 18.0 Å². The molecule has 2 aromatic rings. The number of nitrogens with zero attached hydrogens (tertiary/aromatic N) is 1. The third-order valence-electron chi connectivity index (χ3n) is 3.68. The average Bonchev–Trinajstić information content (AvgIpc) is 2.81. The van der Waals surface area contributed by atoms with Gasteiger partial charge in [-0.1, -0.05) is 36.4 Å². The van der Waals surface area contributed by atoms with Crippen LogP contribution in [0.15, 0.2) is 48.5 Å². The van der Waals surface area contributed by atoms with Crippen molar-refractivity contribution in [1.82, 2.24) is 4.90 Å². The lowest BCUT2D eigenvalue weighted by Gasteiger charge is -2.15. The molecule has 3 rings (SSSR count). The predicted octanol–water partition coefficient (Wildman–Crippen LogP) is 3.42. The fraction of sp³-hybridized carbons (Fsp3) is 0.294. The Labute approximate surface area is 115 Å². The lowest BCUT2D eigenvalue weighted by Crippen LogP contribution is -2.23. The molecule has 0 aliphatic carbocycles. The maximum absolute atomic E-state index is 3.50. The number of rotatable bonds is 4. The lowest BCUT2D eigenvalue weighted by molar-refractivity contribution is 0.296. The van der Waals surface area contributed by atoms with Gasteiger partial charge in [0.15, 0.2) is 0 Å². The summed E-state index contributed by atoms with van der Waals surface area (Å²) in [5.74, 6) is 0. The molecule has 2 heteroatoms. The van der Waals surface area contributed by atoms with Gasteiger partial charge in [-0.05, 0) is 35.7 Å². The first-order valence-corrected chi connectivity index (χ1v) is 6.91. The minimum atomic E-state index is 0.997. The quantitative estimate of drug-likeness (QED) is 0.897. The smallest absolute Gasteiger partial charge is 0.0343 e. The molecule has 19 heavy (non-hydrogen) atoms. The van der Waals surface area contributed by atoms with Gasteiger partial charge in [0.2, 0.25) is 0 Å². The van der Waals surface area contributed by atoms with E-state index in [1.54, 1.807) is 0 Å². The van der Waals surface area contributed by atoms with Crippen LogP contribution >= 0.6 is 0 Å². The van der Waals surface area contributed by atoms with E-state index >= 15 is 0 Å². The van der Waals surface area contributed by atoms with E-state index in [9.17, 15) is 0 Å². The van der Waals surface area contributed by atoms with Crippen molar-refractivity contribution in [3.05, 3.63) is 65.2 Å². The first-order chi connectivity index (χ1) is 9.31. The summed E-state index contributed by atoms with van der Waals surface area (Å²) in [5, 5.41) is 3.50. The highest BCUT2D eigenvalue weighted by Gasteiger charge is 2.17. The van der Waals surface area contributed by atoms with Gasteiger partial charge >= 0.3 is 0 Å². The van der Waals surface area contributed by atoms with Crippen LogP contribution in [0.5, 0.6) is 0 Å². The van der Waals surface area contributed by atoms with Gasteiger partial charge in [0.25, 0.3) is 0 Å². The molecular formula is C17H20N2. The SMILES string of the molecule is Cc1cccc(NCCN2Cc3ccccc3C2)c1. The van der Waals surface area contributed by atoms with E-state index in [0.29, 0.717) is 0 Å². The van der Waals surface area contributed by atoms with Crippen molar-refractivity contribution < 1.29 is 0 Å². The normalized spacial score (nSPS) is 14.4. The summed E-state index contributed by atoms with van der Waals surface area (Å²) >= 11 is 0. The number of hydrogen-bond acceptors (Lipinski definition) is 2. The summed E-state index contributed by atoms with van der Waals surface area (Å²) in [6.45, 7) is 6.39. The predicted molar refractivity (Wildman–Crippen MR) is 80.2 cm³/mol. The number of anilines is 1. The molecule has 1 heterocycles. The Morgan fingerprint density at radius 2 is 1.74 bits per heavy atom. The first kappa shape index (κ1) is 12.2. The average molecular weight is 252 g/mol. The van der Waals surface area contributed by atoms with Gasteiger partial charge in [-0.25, -0.2) is 0 Å². The highest BCUT2D eigenvalue weighted by molar-refractivity contribution is 5.45. The Kier molecular flexibility index (Phi) is 3.51. The number of benzene rings is 2. The molecule has 2 aromatic carbocycles. The van der Waals surface area contributed by atoms with Gasteiger partial charge in [-0.2, -0.15) is 0 Å². The van der Waals surface area contributed by atoms with E-state index < -0.39 is 0 Å². The summed E-state index contributed by atoms with van der Waals surface area (Å²) in [4.78, 5) is 2.49. The molecule has 1 aliphatic heterocycles. The van der Waals surface area contributed by atoms with Crippen LogP contribution in [0.3, 0.4) is 0 Å². The zero-order chi connectivity index (χ0) is 13.1. The summed E-state index contributed by atoms with van der Waals surface area (Å²) < 4.78 is 0. The summed E-state index contributed by atoms with van der Waals surface area (Å²) in [5.41, 5.74) is 5.49. The molecule has 0 saturated heterocycles. The first-order valence-electron chi connectivity index (χ1n) is 6.91. The van der Waals surface area contributed by atoms with Crippen LogP contribution in [0, 0.1) is 6.92 Å². The maximum atomic E-state index is 3.50. The monoisotopic (exact) mass is 252 g/mol. The van der Waals surface area contributed by atoms with Crippen molar-refractivity contribution >= 4 is 5.69 Å². The fourth-order valence-corrected chi connectivity index (χ4v) is 2.68. The van der Waals surface area contributed by atoms with Gasteiger partial charge in [-0.15, -0.1) is 0 Å². The van der Waals surface area contributed by atoms with Crippen molar-refractivity contribution in [3.8, 4) is 0 Å². The van der Waals surface area contributed by atoms with E-state index in [0.717, 1.165) is 26.2 Å². The van der Waals surface area contributed by atoms with E-state index in [1.807, 2.05) is 0 Å². The van der Waals surface area contributed by atoms with Gasteiger partial charge in [0.05, 0.1) is 0 Å². The standard InChI is InChI=1S/C17H20N2/c1-14-5-4-8-17(11-14)18-9-10-19-12-15-6-2-3-7-16(15)13-19/h2-8,11,18H,9-10,12-13H2,1H3. The molecular weight excluding hydrogens is 232 g/mol. The van der Waals surface area contributed by atoms with Crippen molar-refractivity contribution in [2.24, 2.45) is 0 Å². The molecule has 0 radical (unpaired) electrons. The Hall–Kier alpha value is -1.80. The Morgan fingerprint density at radius 3 is 2.42 bits per heavy atom. The van der Waals surface area contributed by atoms with Crippen LogP contribution in [0.1, 0.15) is 16.7 Å². The van der Waals surface area contributed by atoms with E-state index in [4.69, 9.17) is 0 Å². The molecule has 1 N–H and O–H groups in total. The second kappa shape index (κ2) is 5.45. The van der Waals surface area contributed by atoms with Gasteiger partial charge in [0.1, 0.15) is 0 Å². The van der Waals surface area contributed by atoms with Gasteiger partial charge in [0, 0.05) is 31.9 Å². The largest absolute Gasteiger partial charge is 0.384 e. The molecule has 0 atom stereocenters. The summed E-state index contributed by atoms with van der Waals surface area (Å²) in [7, 11) is 0. The molecule has 0 aromatic heterocycles. The zero-order valence-corrected chi connectivity index (χ0v) is 11.4. The molecule has 0 spiro atoms. The third kappa shape index (κ3) is 2.96. The maximum Gasteiger partial charge on any atom is 0.0343 e. The van der Waals surface area contributed by atoms with Crippen molar-refractivity contribution in [1.29, 1.82) is 0 Å². The second-order valence-corrected chi connectivity index (χ2v) is 5.28. The van der Waals surface area contributed by atoms with Crippen LogP contribution in [0.2, 0.25) is 0 Å². The molecule has 0 unspecified atom stereocenters. The summed E-state index contributed by atoms with van der Waals surface area (Å²) in [6.07, 6.45) is 0. The van der Waals surface area contributed by atoms with E-state index in [-0.39, 0.29) is 0 Å². The third-order valence-corrected chi connectivity index (χ3v) is 3.68. The van der Waals surface area contributed by atoms with E-state index in [2.05, 4.69) is 65.7 Å². The van der Waals surface area contributed by atoms with Crippen LogP contribution in [-0.2, 0) is 13.1 Å². The molecule has 98 valence electrons. The zero-order valence-electron chi connectivity index (χ0n) is 11.4. The Morgan fingerprint density at radius 1 is 1.00 bits per heavy atom. The number of aryl methyl sites for hydroxylation is 1. The Bertz CT molecular complexity index is 538. The van der Waals surface area contributed by atoms with Crippen LogP contribution in [0.25, 0.3) is 0 Å². The fourth-order valence-electron chi connectivity index (χ4n) is 2.68. The molecule has 1 aliphatic rings. The molecule has 2 nitrogen and oxygen atoms in total. The second-order valence-electron chi connectivity index (χ2n) is 5.28. The topological polar surface area (TPSA) is 15.3 Å². The molecule has 0 bridgehead atoms. The number of nitrogens with one attached hydrogen (secondary N) is 1.